The van der Waals surface area contributed by atoms with Crippen LogP contribution in [0.5, 0.6) is 11.5 Å². The lowest BCUT2D eigenvalue weighted by atomic mass is 10.2. The molecule has 1 aromatic carbocycles. The van der Waals surface area contributed by atoms with E-state index in [0.717, 1.165) is 30.1 Å². The van der Waals surface area contributed by atoms with Gasteiger partial charge < -0.3 is 9.47 Å². The van der Waals surface area contributed by atoms with Crippen molar-refractivity contribution in [3.63, 3.8) is 0 Å². The van der Waals surface area contributed by atoms with E-state index in [1.165, 1.54) is 12.8 Å². The Hall–Kier alpha value is -1.18. The van der Waals surface area contributed by atoms with Gasteiger partial charge in [-0.2, -0.15) is 0 Å². The third kappa shape index (κ3) is 3.82. The molecule has 0 spiro atoms. The van der Waals surface area contributed by atoms with Crippen molar-refractivity contribution in [3.8, 4) is 11.5 Å². The molecule has 0 unspecified atom stereocenters. The highest BCUT2D eigenvalue weighted by Gasteiger charge is 2.01. The summed E-state index contributed by atoms with van der Waals surface area (Å²) in [5, 5.41) is 0. The minimum Gasteiger partial charge on any atom is -0.497 e. The summed E-state index contributed by atoms with van der Waals surface area (Å²) in [6, 6.07) is 5.92. The second-order valence-electron chi connectivity index (χ2n) is 3.69. The number of methoxy groups -OCH3 is 1. The number of aryl methyl sites for hydroxylation is 1. The molecule has 0 bridgehead atoms. The molecule has 0 aliphatic carbocycles. The van der Waals surface area contributed by atoms with E-state index in [1.54, 1.807) is 7.11 Å². The summed E-state index contributed by atoms with van der Waals surface area (Å²) in [6.45, 7) is 5.03. The number of benzene rings is 1. The molecular formula is C13H20O2. The SMILES string of the molecule is CCCCCOc1cc(OC)ccc1C. The van der Waals surface area contributed by atoms with Crippen molar-refractivity contribution in [1.29, 1.82) is 0 Å². The standard InChI is InChI=1S/C13H20O2/c1-4-5-6-9-15-13-10-12(14-3)8-7-11(13)2/h7-8,10H,4-6,9H2,1-3H3. The van der Waals surface area contributed by atoms with Crippen LogP contribution in [-0.2, 0) is 0 Å². The molecule has 0 radical (unpaired) electrons. The van der Waals surface area contributed by atoms with E-state index in [9.17, 15) is 0 Å². The monoisotopic (exact) mass is 208 g/mol. The molecule has 0 heterocycles. The maximum absolute atomic E-state index is 5.70. The van der Waals surface area contributed by atoms with Crippen LogP contribution in [0.2, 0.25) is 0 Å². The Kier molecular flexibility index (Phi) is 5.02. The van der Waals surface area contributed by atoms with Gasteiger partial charge >= 0.3 is 0 Å². The Labute approximate surface area is 92.2 Å². The maximum atomic E-state index is 5.70. The van der Waals surface area contributed by atoms with E-state index in [-0.39, 0.29) is 0 Å². The summed E-state index contributed by atoms with van der Waals surface area (Å²) < 4.78 is 10.9. The lowest BCUT2D eigenvalue weighted by Gasteiger charge is -2.10. The zero-order chi connectivity index (χ0) is 11.1. The third-order valence-corrected chi connectivity index (χ3v) is 2.40. The number of ether oxygens (including phenoxy) is 2. The Morgan fingerprint density at radius 1 is 1.20 bits per heavy atom. The minimum atomic E-state index is 0.793. The fourth-order valence-electron chi connectivity index (χ4n) is 1.40. The second kappa shape index (κ2) is 6.33. The van der Waals surface area contributed by atoms with Crippen molar-refractivity contribution >= 4 is 0 Å². The average molecular weight is 208 g/mol. The van der Waals surface area contributed by atoms with Gasteiger partial charge in [0.1, 0.15) is 11.5 Å². The van der Waals surface area contributed by atoms with Gasteiger partial charge in [-0.3, -0.25) is 0 Å². The zero-order valence-corrected chi connectivity index (χ0v) is 9.88. The van der Waals surface area contributed by atoms with Crippen molar-refractivity contribution < 1.29 is 9.47 Å². The van der Waals surface area contributed by atoms with E-state index in [2.05, 4.69) is 13.8 Å². The van der Waals surface area contributed by atoms with Gasteiger partial charge in [0.05, 0.1) is 13.7 Å². The predicted octanol–water partition coefficient (Wildman–Crippen LogP) is 3.57. The predicted molar refractivity (Wildman–Crippen MR) is 62.8 cm³/mol. The Morgan fingerprint density at radius 2 is 2.00 bits per heavy atom. The zero-order valence-electron chi connectivity index (χ0n) is 9.88. The number of unbranched alkanes of at least 4 members (excludes halogenated alkanes) is 2. The summed E-state index contributed by atoms with van der Waals surface area (Å²) in [4.78, 5) is 0. The molecule has 0 amide bonds. The molecule has 2 nitrogen and oxygen atoms in total. The molecule has 15 heavy (non-hydrogen) atoms. The molecule has 84 valence electrons. The van der Waals surface area contributed by atoms with E-state index in [1.807, 2.05) is 18.2 Å². The highest BCUT2D eigenvalue weighted by Crippen LogP contribution is 2.24. The summed E-state index contributed by atoms with van der Waals surface area (Å²) >= 11 is 0. The molecule has 0 saturated carbocycles. The molecule has 0 aliphatic heterocycles. The molecule has 0 aromatic heterocycles. The first-order chi connectivity index (χ1) is 7.27. The van der Waals surface area contributed by atoms with Gasteiger partial charge in [0, 0.05) is 6.07 Å². The normalized spacial score (nSPS) is 10.1. The summed E-state index contributed by atoms with van der Waals surface area (Å²) in [5.41, 5.74) is 1.16. The highest BCUT2D eigenvalue weighted by atomic mass is 16.5. The van der Waals surface area contributed by atoms with E-state index < -0.39 is 0 Å². The van der Waals surface area contributed by atoms with Crippen LogP contribution in [0.25, 0.3) is 0 Å². The average Bonchev–Trinajstić information content (AvgIpc) is 2.26. The van der Waals surface area contributed by atoms with Crippen LogP contribution in [-0.4, -0.2) is 13.7 Å². The van der Waals surface area contributed by atoms with Crippen molar-refractivity contribution in [2.45, 2.75) is 33.1 Å². The molecule has 2 heteroatoms. The largest absolute Gasteiger partial charge is 0.497 e. The smallest absolute Gasteiger partial charge is 0.125 e. The highest BCUT2D eigenvalue weighted by molar-refractivity contribution is 5.39. The summed E-state index contributed by atoms with van der Waals surface area (Å²) in [6.07, 6.45) is 3.57. The maximum Gasteiger partial charge on any atom is 0.125 e. The first-order valence-electron chi connectivity index (χ1n) is 5.55. The molecule has 1 aromatic rings. The van der Waals surface area contributed by atoms with E-state index in [0.29, 0.717) is 0 Å². The van der Waals surface area contributed by atoms with Crippen LogP contribution in [0, 0.1) is 6.92 Å². The van der Waals surface area contributed by atoms with Crippen LogP contribution < -0.4 is 9.47 Å². The third-order valence-electron chi connectivity index (χ3n) is 2.40. The van der Waals surface area contributed by atoms with Gasteiger partial charge in [0.25, 0.3) is 0 Å². The van der Waals surface area contributed by atoms with Crippen LogP contribution in [0.4, 0.5) is 0 Å². The molecule has 0 fully saturated rings. The van der Waals surface area contributed by atoms with Crippen molar-refractivity contribution in [2.75, 3.05) is 13.7 Å². The molecule has 0 N–H and O–H groups in total. The molecule has 0 saturated heterocycles. The first-order valence-corrected chi connectivity index (χ1v) is 5.55. The van der Waals surface area contributed by atoms with Crippen LogP contribution in [0.1, 0.15) is 31.7 Å². The van der Waals surface area contributed by atoms with Gasteiger partial charge in [-0.05, 0) is 25.0 Å². The fraction of sp³-hybridized carbons (Fsp3) is 0.538. The van der Waals surface area contributed by atoms with Crippen LogP contribution in [0.3, 0.4) is 0 Å². The summed E-state index contributed by atoms with van der Waals surface area (Å²) in [5.74, 6) is 1.79. The van der Waals surface area contributed by atoms with Gasteiger partial charge in [-0.1, -0.05) is 25.8 Å². The molecule has 0 atom stereocenters. The van der Waals surface area contributed by atoms with Crippen molar-refractivity contribution in [1.82, 2.24) is 0 Å². The quantitative estimate of drug-likeness (QED) is 0.665. The Balaban J connectivity index is 2.51. The minimum absolute atomic E-state index is 0.793. The lowest BCUT2D eigenvalue weighted by Crippen LogP contribution is -1.99. The van der Waals surface area contributed by atoms with Crippen molar-refractivity contribution in [2.24, 2.45) is 0 Å². The van der Waals surface area contributed by atoms with Crippen LogP contribution >= 0.6 is 0 Å². The molecule has 1 rings (SSSR count). The second-order valence-corrected chi connectivity index (χ2v) is 3.69. The Bertz CT molecular complexity index is 295. The van der Waals surface area contributed by atoms with E-state index >= 15 is 0 Å². The summed E-state index contributed by atoms with van der Waals surface area (Å²) in [7, 11) is 1.67. The first kappa shape index (κ1) is 11.9. The van der Waals surface area contributed by atoms with Gasteiger partial charge in [0.2, 0.25) is 0 Å². The Morgan fingerprint density at radius 3 is 2.67 bits per heavy atom. The van der Waals surface area contributed by atoms with E-state index in [4.69, 9.17) is 9.47 Å². The number of hydrogen-bond donors (Lipinski definition) is 0. The van der Waals surface area contributed by atoms with Crippen molar-refractivity contribution in [3.05, 3.63) is 23.8 Å². The van der Waals surface area contributed by atoms with Gasteiger partial charge in [-0.25, -0.2) is 0 Å². The topological polar surface area (TPSA) is 18.5 Å². The van der Waals surface area contributed by atoms with Gasteiger partial charge in [0.15, 0.2) is 0 Å². The van der Waals surface area contributed by atoms with Gasteiger partial charge in [-0.15, -0.1) is 0 Å². The lowest BCUT2D eigenvalue weighted by molar-refractivity contribution is 0.302. The number of rotatable bonds is 6. The molecule has 0 aliphatic rings. The molecular weight excluding hydrogens is 188 g/mol. The fourth-order valence-corrected chi connectivity index (χ4v) is 1.40. The van der Waals surface area contributed by atoms with Crippen LogP contribution in [0.15, 0.2) is 18.2 Å². The number of hydrogen-bond acceptors (Lipinski definition) is 2.